The zero-order chi connectivity index (χ0) is 16.2. The summed E-state index contributed by atoms with van der Waals surface area (Å²) < 4.78 is 3.76. The van der Waals surface area contributed by atoms with Gasteiger partial charge in [0.1, 0.15) is 5.82 Å². The molecule has 23 heavy (non-hydrogen) atoms. The molecule has 3 aromatic rings. The van der Waals surface area contributed by atoms with Crippen LogP contribution in [0.4, 0.5) is 0 Å². The number of carbonyl (C=O) groups excluding carboxylic acids is 1. The van der Waals surface area contributed by atoms with E-state index in [1.54, 1.807) is 10.7 Å². The maximum Gasteiger partial charge on any atom is 0.271 e. The van der Waals surface area contributed by atoms with Crippen molar-refractivity contribution in [1.29, 1.82) is 0 Å². The number of nitrogens with zero attached hydrogens (tertiary/aromatic N) is 4. The van der Waals surface area contributed by atoms with E-state index in [-0.39, 0.29) is 5.91 Å². The number of rotatable bonds is 6. The van der Waals surface area contributed by atoms with E-state index in [9.17, 15) is 4.79 Å². The Morgan fingerprint density at radius 1 is 1.17 bits per heavy atom. The summed E-state index contributed by atoms with van der Waals surface area (Å²) in [5.74, 6) is 0.774. The Bertz CT molecular complexity index is 802. The number of nitrogens with one attached hydrogen (secondary N) is 1. The summed E-state index contributed by atoms with van der Waals surface area (Å²) in [6.07, 6.45) is 4.71. The molecule has 6 nitrogen and oxygen atoms in total. The zero-order valence-electron chi connectivity index (χ0n) is 13.4. The highest BCUT2D eigenvalue weighted by Crippen LogP contribution is 2.13. The van der Waals surface area contributed by atoms with Gasteiger partial charge in [0.2, 0.25) is 0 Å². The van der Waals surface area contributed by atoms with Crippen molar-refractivity contribution in [2.24, 2.45) is 0 Å². The van der Waals surface area contributed by atoms with Crippen LogP contribution in [0.15, 0.2) is 48.8 Å². The van der Waals surface area contributed by atoms with Gasteiger partial charge >= 0.3 is 0 Å². The van der Waals surface area contributed by atoms with E-state index in [1.807, 2.05) is 61.2 Å². The predicted molar refractivity (Wildman–Crippen MR) is 90.0 cm³/mol. The molecule has 3 aromatic heterocycles. The van der Waals surface area contributed by atoms with Crippen molar-refractivity contribution in [1.82, 2.24) is 24.4 Å². The fraction of sp³-hybridized carbons (Fsp3) is 0.294. The van der Waals surface area contributed by atoms with Gasteiger partial charge in [-0.25, -0.2) is 4.68 Å². The molecule has 0 radical (unpaired) electrons. The van der Waals surface area contributed by atoms with Crippen LogP contribution >= 0.6 is 0 Å². The average molecular weight is 311 g/mol. The van der Waals surface area contributed by atoms with Gasteiger partial charge in [-0.15, -0.1) is 0 Å². The van der Waals surface area contributed by atoms with Crippen LogP contribution in [0.1, 0.15) is 16.9 Å². The summed E-state index contributed by atoms with van der Waals surface area (Å²) in [7, 11) is 4.04. The second kappa shape index (κ2) is 6.66. The molecule has 1 amide bonds. The Kier molecular flexibility index (Phi) is 4.43. The molecule has 0 atom stereocenters. The molecule has 0 aliphatic rings. The largest absolute Gasteiger partial charge is 0.351 e. The maximum atomic E-state index is 12.1. The molecule has 1 N–H and O–H groups in total. The number of carbonyl (C=O) groups is 1. The van der Waals surface area contributed by atoms with Crippen molar-refractivity contribution < 1.29 is 4.79 Å². The van der Waals surface area contributed by atoms with Crippen molar-refractivity contribution in [3.8, 4) is 5.82 Å². The van der Waals surface area contributed by atoms with Gasteiger partial charge in [-0.1, -0.05) is 6.07 Å². The summed E-state index contributed by atoms with van der Waals surface area (Å²) in [6, 6.07) is 11.8. The Balaban J connectivity index is 1.69. The van der Waals surface area contributed by atoms with E-state index in [4.69, 9.17) is 0 Å². The minimum atomic E-state index is -0.136. The highest BCUT2D eigenvalue weighted by Gasteiger charge is 2.11. The minimum absolute atomic E-state index is 0.136. The lowest BCUT2D eigenvalue weighted by molar-refractivity contribution is 0.0947. The molecule has 0 spiro atoms. The van der Waals surface area contributed by atoms with E-state index < -0.39 is 0 Å². The van der Waals surface area contributed by atoms with Crippen molar-refractivity contribution in [3.05, 3.63) is 54.5 Å². The molecule has 120 valence electrons. The molecular weight excluding hydrogens is 290 g/mol. The van der Waals surface area contributed by atoms with Gasteiger partial charge in [0.15, 0.2) is 5.69 Å². The lowest BCUT2D eigenvalue weighted by Crippen LogP contribution is -2.27. The normalized spacial score (nSPS) is 11.3. The van der Waals surface area contributed by atoms with Gasteiger partial charge in [-0.05, 0) is 57.4 Å². The monoisotopic (exact) mass is 311 g/mol. The summed E-state index contributed by atoms with van der Waals surface area (Å²) in [6.45, 7) is 1.60. The number of hydrogen-bond acceptors (Lipinski definition) is 3. The molecule has 0 fully saturated rings. The maximum absolute atomic E-state index is 12.1. The predicted octanol–water partition coefficient (Wildman–Crippen LogP) is 1.81. The summed E-state index contributed by atoms with van der Waals surface area (Å²) in [5, 5.41) is 7.29. The molecule has 0 aliphatic heterocycles. The van der Waals surface area contributed by atoms with Crippen molar-refractivity contribution in [2.75, 3.05) is 27.2 Å². The molecule has 0 bridgehead atoms. The third kappa shape index (κ3) is 3.43. The first-order valence-corrected chi connectivity index (χ1v) is 7.70. The second-order valence-electron chi connectivity index (χ2n) is 5.75. The quantitative estimate of drug-likeness (QED) is 0.706. The number of pyridine rings is 1. The standard InChI is InChI=1S/C17H21N5O/c1-20(2)11-5-10-18-17(23)15-9-13-22(19-15)16-8-7-14-6-3-4-12-21(14)16/h3-4,6-9,12-13H,5,10-11H2,1-2H3,(H,18,23). The molecule has 0 unspecified atom stereocenters. The first-order valence-electron chi connectivity index (χ1n) is 7.70. The zero-order valence-corrected chi connectivity index (χ0v) is 13.4. The first kappa shape index (κ1) is 15.3. The highest BCUT2D eigenvalue weighted by molar-refractivity contribution is 5.92. The number of hydrogen-bond donors (Lipinski definition) is 1. The first-order chi connectivity index (χ1) is 11.1. The van der Waals surface area contributed by atoms with E-state index in [2.05, 4.69) is 15.3 Å². The van der Waals surface area contributed by atoms with Crippen LogP contribution in [-0.2, 0) is 0 Å². The van der Waals surface area contributed by atoms with Crippen molar-refractivity contribution in [3.63, 3.8) is 0 Å². The van der Waals surface area contributed by atoms with Crippen LogP contribution in [0.2, 0.25) is 0 Å². The van der Waals surface area contributed by atoms with Gasteiger partial charge in [-0.2, -0.15) is 5.10 Å². The molecule has 6 heteroatoms. The average Bonchev–Trinajstić information content (AvgIpc) is 3.17. The number of aromatic nitrogens is 3. The molecule has 0 aromatic carbocycles. The summed E-state index contributed by atoms with van der Waals surface area (Å²) in [5.41, 5.74) is 1.52. The van der Waals surface area contributed by atoms with Crippen LogP contribution in [0.25, 0.3) is 11.3 Å². The van der Waals surface area contributed by atoms with Gasteiger partial charge in [0.25, 0.3) is 5.91 Å². The molecule has 0 saturated carbocycles. The molecular formula is C17H21N5O. The smallest absolute Gasteiger partial charge is 0.271 e. The highest BCUT2D eigenvalue weighted by atomic mass is 16.1. The fourth-order valence-electron chi connectivity index (χ4n) is 2.49. The summed E-state index contributed by atoms with van der Waals surface area (Å²) >= 11 is 0. The van der Waals surface area contributed by atoms with Gasteiger partial charge in [0.05, 0.1) is 0 Å². The van der Waals surface area contributed by atoms with E-state index in [0.717, 1.165) is 24.3 Å². The van der Waals surface area contributed by atoms with E-state index >= 15 is 0 Å². The molecule has 3 rings (SSSR count). The Labute approximate surface area is 135 Å². The molecule has 3 heterocycles. The fourth-order valence-corrected chi connectivity index (χ4v) is 2.49. The number of fused-ring (bicyclic) bond motifs is 1. The van der Waals surface area contributed by atoms with Gasteiger partial charge in [0, 0.05) is 24.5 Å². The van der Waals surface area contributed by atoms with Crippen LogP contribution < -0.4 is 5.32 Å². The van der Waals surface area contributed by atoms with Gasteiger partial charge < -0.3 is 14.6 Å². The lowest BCUT2D eigenvalue weighted by Gasteiger charge is -2.09. The topological polar surface area (TPSA) is 54.6 Å². The van der Waals surface area contributed by atoms with Crippen LogP contribution in [0.5, 0.6) is 0 Å². The Morgan fingerprint density at radius 3 is 2.87 bits per heavy atom. The SMILES string of the molecule is CN(C)CCCNC(=O)c1ccn(-c2ccc3ccccn23)n1. The molecule has 0 saturated heterocycles. The third-order valence-corrected chi connectivity index (χ3v) is 3.67. The second-order valence-corrected chi connectivity index (χ2v) is 5.75. The van der Waals surface area contributed by atoms with Crippen molar-refractivity contribution >= 4 is 11.4 Å². The van der Waals surface area contributed by atoms with Crippen molar-refractivity contribution in [2.45, 2.75) is 6.42 Å². The van der Waals surface area contributed by atoms with Crippen LogP contribution in [0.3, 0.4) is 0 Å². The van der Waals surface area contributed by atoms with E-state index in [0.29, 0.717) is 12.2 Å². The van der Waals surface area contributed by atoms with E-state index in [1.165, 1.54) is 0 Å². The lowest BCUT2D eigenvalue weighted by atomic mass is 10.3. The van der Waals surface area contributed by atoms with Gasteiger partial charge in [-0.3, -0.25) is 4.79 Å². The van der Waals surface area contributed by atoms with Crippen LogP contribution in [0, 0.1) is 0 Å². The minimum Gasteiger partial charge on any atom is -0.351 e. The molecule has 0 aliphatic carbocycles. The Hall–Kier alpha value is -2.60. The third-order valence-electron chi connectivity index (χ3n) is 3.67. The number of amides is 1. The van der Waals surface area contributed by atoms with Crippen LogP contribution in [-0.4, -0.2) is 52.2 Å². The summed E-state index contributed by atoms with van der Waals surface area (Å²) in [4.78, 5) is 14.2. The Morgan fingerprint density at radius 2 is 2.04 bits per heavy atom.